The van der Waals surface area contributed by atoms with Gasteiger partial charge in [0.2, 0.25) is 0 Å². The molecule has 0 spiro atoms. The Morgan fingerprint density at radius 2 is 1.44 bits per heavy atom. The fourth-order valence-corrected chi connectivity index (χ4v) is 3.02. The van der Waals surface area contributed by atoms with E-state index in [9.17, 15) is 4.79 Å². The number of benzene rings is 2. The Morgan fingerprint density at radius 3 is 2.04 bits per heavy atom. The van der Waals surface area contributed by atoms with Gasteiger partial charge in [-0.2, -0.15) is 0 Å². The molecule has 0 aromatic heterocycles. The Morgan fingerprint density at radius 1 is 0.852 bits per heavy atom. The van der Waals surface area contributed by atoms with Gasteiger partial charge >= 0.3 is 0 Å². The van der Waals surface area contributed by atoms with Gasteiger partial charge in [0.1, 0.15) is 11.5 Å². The number of methoxy groups -OCH3 is 2. The number of hydrogen-bond donors (Lipinski definition) is 1. The van der Waals surface area contributed by atoms with Crippen molar-refractivity contribution in [3.63, 3.8) is 0 Å². The van der Waals surface area contributed by atoms with Gasteiger partial charge in [-0.05, 0) is 30.5 Å². The van der Waals surface area contributed by atoms with Crippen molar-refractivity contribution < 1.29 is 14.3 Å². The summed E-state index contributed by atoms with van der Waals surface area (Å²) >= 11 is 0. The van der Waals surface area contributed by atoms with E-state index in [4.69, 9.17) is 9.47 Å². The lowest BCUT2D eigenvalue weighted by molar-refractivity contribution is 0.102. The quantitative estimate of drug-likeness (QED) is 0.505. The van der Waals surface area contributed by atoms with Gasteiger partial charge < -0.3 is 14.8 Å². The van der Waals surface area contributed by atoms with Crippen LogP contribution >= 0.6 is 0 Å². The first kappa shape index (κ1) is 20.8. The molecule has 1 N–H and O–H groups in total. The molecule has 0 unspecified atom stereocenters. The lowest BCUT2D eigenvalue weighted by Gasteiger charge is -2.10. The van der Waals surface area contributed by atoms with Crippen molar-refractivity contribution in [2.75, 3.05) is 19.5 Å². The average Bonchev–Trinajstić information content (AvgIpc) is 2.70. The molecule has 1 amide bonds. The molecule has 2 aromatic carbocycles. The Balaban J connectivity index is 1.88. The number of rotatable bonds is 11. The summed E-state index contributed by atoms with van der Waals surface area (Å²) < 4.78 is 10.5. The van der Waals surface area contributed by atoms with Crippen LogP contribution < -0.4 is 14.8 Å². The van der Waals surface area contributed by atoms with Crippen LogP contribution in [0.15, 0.2) is 42.5 Å². The third-order valence-corrected chi connectivity index (χ3v) is 4.64. The summed E-state index contributed by atoms with van der Waals surface area (Å²) in [5.74, 6) is 1.13. The van der Waals surface area contributed by atoms with Gasteiger partial charge in [-0.15, -0.1) is 0 Å². The van der Waals surface area contributed by atoms with Crippen molar-refractivity contribution in [1.82, 2.24) is 0 Å². The van der Waals surface area contributed by atoms with Crippen molar-refractivity contribution >= 4 is 11.6 Å². The summed E-state index contributed by atoms with van der Waals surface area (Å²) in [6.45, 7) is 2.24. The molecule has 2 rings (SSSR count). The van der Waals surface area contributed by atoms with Crippen LogP contribution in [0.3, 0.4) is 0 Å². The van der Waals surface area contributed by atoms with Gasteiger partial charge in [0.05, 0.1) is 14.2 Å². The number of amides is 1. The molecule has 0 saturated heterocycles. The van der Waals surface area contributed by atoms with Crippen molar-refractivity contribution in [3.05, 3.63) is 53.6 Å². The highest BCUT2D eigenvalue weighted by Crippen LogP contribution is 2.26. The van der Waals surface area contributed by atoms with Crippen LogP contribution in [-0.2, 0) is 6.42 Å². The van der Waals surface area contributed by atoms with E-state index in [1.165, 1.54) is 44.1 Å². The molecule has 4 nitrogen and oxygen atoms in total. The number of carbonyl (C=O) groups excluding carboxylic acids is 1. The summed E-state index contributed by atoms with van der Waals surface area (Å²) in [5, 5.41) is 2.90. The summed E-state index contributed by atoms with van der Waals surface area (Å²) in [6, 6.07) is 13.2. The van der Waals surface area contributed by atoms with Crippen LogP contribution in [0.2, 0.25) is 0 Å². The number of carbonyl (C=O) groups is 1. The molecule has 4 heteroatoms. The van der Waals surface area contributed by atoms with Crippen LogP contribution in [0.25, 0.3) is 0 Å². The maximum atomic E-state index is 12.5. The van der Waals surface area contributed by atoms with Crippen LogP contribution in [-0.4, -0.2) is 20.1 Å². The summed E-state index contributed by atoms with van der Waals surface area (Å²) in [6.07, 6.45) is 8.83. The van der Waals surface area contributed by atoms with E-state index in [2.05, 4.69) is 12.2 Å². The average molecular weight is 370 g/mol. The number of hydrogen-bond acceptors (Lipinski definition) is 3. The molecule has 0 radical (unpaired) electrons. The molecule has 146 valence electrons. The predicted molar refractivity (Wildman–Crippen MR) is 111 cm³/mol. The zero-order chi connectivity index (χ0) is 19.5. The van der Waals surface area contributed by atoms with E-state index in [-0.39, 0.29) is 5.91 Å². The topological polar surface area (TPSA) is 47.6 Å². The molecule has 0 atom stereocenters. The van der Waals surface area contributed by atoms with Crippen LogP contribution in [0, 0.1) is 0 Å². The second kappa shape index (κ2) is 11.3. The van der Waals surface area contributed by atoms with Crippen LogP contribution in [0.4, 0.5) is 5.69 Å². The number of aryl methyl sites for hydroxylation is 1. The largest absolute Gasteiger partial charge is 0.497 e. The maximum absolute atomic E-state index is 12.5. The zero-order valence-corrected chi connectivity index (χ0v) is 16.7. The molecule has 0 aliphatic heterocycles. The van der Waals surface area contributed by atoms with Gasteiger partial charge in [-0.3, -0.25) is 4.79 Å². The van der Waals surface area contributed by atoms with Crippen molar-refractivity contribution in [1.29, 1.82) is 0 Å². The fourth-order valence-electron chi connectivity index (χ4n) is 3.02. The number of ether oxygens (including phenoxy) is 2. The van der Waals surface area contributed by atoms with E-state index in [1.807, 2.05) is 24.3 Å². The SMILES string of the molecule is CCCCCCCCc1ccc(C(=O)Nc2cc(OC)cc(OC)c2)cc1. The van der Waals surface area contributed by atoms with Crippen molar-refractivity contribution in [2.24, 2.45) is 0 Å². The maximum Gasteiger partial charge on any atom is 0.255 e. The molecular weight excluding hydrogens is 338 g/mol. The minimum atomic E-state index is -0.142. The number of unbranched alkanes of at least 4 members (excludes halogenated alkanes) is 5. The van der Waals surface area contributed by atoms with Crippen molar-refractivity contribution in [3.8, 4) is 11.5 Å². The second-order valence-electron chi connectivity index (χ2n) is 6.77. The van der Waals surface area contributed by atoms with Gasteiger partial charge in [-0.1, -0.05) is 51.2 Å². The van der Waals surface area contributed by atoms with Gasteiger partial charge in [0, 0.05) is 29.4 Å². The van der Waals surface area contributed by atoms with E-state index in [1.54, 1.807) is 32.4 Å². The highest BCUT2D eigenvalue weighted by atomic mass is 16.5. The highest BCUT2D eigenvalue weighted by Gasteiger charge is 2.08. The standard InChI is InChI=1S/C23H31NO3/c1-4-5-6-7-8-9-10-18-11-13-19(14-12-18)23(25)24-20-15-21(26-2)17-22(16-20)27-3/h11-17H,4-10H2,1-3H3,(H,24,25). The first-order valence-electron chi connectivity index (χ1n) is 9.79. The third-order valence-electron chi connectivity index (χ3n) is 4.64. The Bertz CT molecular complexity index is 688. The van der Waals surface area contributed by atoms with E-state index >= 15 is 0 Å². The Hall–Kier alpha value is -2.49. The minimum absolute atomic E-state index is 0.142. The smallest absolute Gasteiger partial charge is 0.255 e. The molecule has 0 aliphatic rings. The van der Waals surface area contributed by atoms with Gasteiger partial charge in [0.25, 0.3) is 5.91 Å². The van der Waals surface area contributed by atoms with Crippen LogP contribution in [0.5, 0.6) is 11.5 Å². The Labute approximate surface area is 162 Å². The normalized spacial score (nSPS) is 10.5. The lowest BCUT2D eigenvalue weighted by Crippen LogP contribution is -2.12. The second-order valence-corrected chi connectivity index (χ2v) is 6.77. The molecule has 0 fully saturated rings. The van der Waals surface area contributed by atoms with E-state index in [0.29, 0.717) is 22.7 Å². The molecule has 0 heterocycles. The molecule has 2 aromatic rings. The third kappa shape index (κ3) is 6.97. The first-order valence-corrected chi connectivity index (χ1v) is 9.79. The molecule has 27 heavy (non-hydrogen) atoms. The number of nitrogens with one attached hydrogen (secondary N) is 1. The molecule has 0 saturated carbocycles. The van der Waals surface area contributed by atoms with Crippen LogP contribution in [0.1, 0.15) is 61.4 Å². The fraction of sp³-hybridized carbons (Fsp3) is 0.435. The zero-order valence-electron chi connectivity index (χ0n) is 16.7. The van der Waals surface area contributed by atoms with Crippen molar-refractivity contribution in [2.45, 2.75) is 51.9 Å². The first-order chi connectivity index (χ1) is 13.2. The molecule has 0 aliphatic carbocycles. The van der Waals surface area contributed by atoms with Gasteiger partial charge in [-0.25, -0.2) is 0 Å². The lowest BCUT2D eigenvalue weighted by atomic mass is 10.0. The minimum Gasteiger partial charge on any atom is -0.497 e. The molecule has 0 bridgehead atoms. The van der Waals surface area contributed by atoms with E-state index in [0.717, 1.165) is 6.42 Å². The summed E-state index contributed by atoms with van der Waals surface area (Å²) in [7, 11) is 3.17. The summed E-state index contributed by atoms with van der Waals surface area (Å²) in [4.78, 5) is 12.5. The monoisotopic (exact) mass is 369 g/mol. The van der Waals surface area contributed by atoms with Gasteiger partial charge in [0.15, 0.2) is 0 Å². The molecular formula is C23H31NO3. The van der Waals surface area contributed by atoms with E-state index < -0.39 is 0 Å². The highest BCUT2D eigenvalue weighted by molar-refractivity contribution is 6.04. The predicted octanol–water partition coefficient (Wildman–Crippen LogP) is 5.86. The summed E-state index contributed by atoms with van der Waals surface area (Å²) in [5.41, 5.74) is 2.57. The number of anilines is 1. The Kier molecular flexibility index (Phi) is 8.69.